The van der Waals surface area contributed by atoms with E-state index >= 15 is 0 Å². The molecule has 2 aromatic carbocycles. The molecular weight excluding hydrogens is 276 g/mol. The van der Waals surface area contributed by atoms with Crippen molar-refractivity contribution in [3.8, 4) is 11.8 Å². The van der Waals surface area contributed by atoms with Gasteiger partial charge in [-0.2, -0.15) is 10.4 Å². The minimum atomic E-state index is 0.598. The molecule has 0 amide bonds. The van der Waals surface area contributed by atoms with Crippen molar-refractivity contribution < 1.29 is 4.74 Å². The van der Waals surface area contributed by atoms with E-state index in [-0.39, 0.29) is 0 Å². The molecule has 0 spiro atoms. The number of rotatable bonds is 4. The van der Waals surface area contributed by atoms with Crippen molar-refractivity contribution in [3.63, 3.8) is 0 Å². The molecule has 0 saturated carbocycles. The van der Waals surface area contributed by atoms with Crippen LogP contribution >= 0.6 is 0 Å². The van der Waals surface area contributed by atoms with Crippen LogP contribution in [-0.2, 0) is 6.54 Å². The molecule has 0 fully saturated rings. The number of hydrogen-bond acceptors (Lipinski definition) is 4. The lowest BCUT2D eigenvalue weighted by atomic mass is 10.1. The summed E-state index contributed by atoms with van der Waals surface area (Å²) in [6.07, 6.45) is 0. The SMILES string of the molecule is CNc1nn(Cc2cccc(C#N)c2)c2cccc(OC)c12. The van der Waals surface area contributed by atoms with Crippen molar-refractivity contribution in [2.45, 2.75) is 6.54 Å². The molecule has 3 rings (SSSR count). The number of methoxy groups -OCH3 is 1. The Morgan fingerprint density at radius 3 is 2.82 bits per heavy atom. The summed E-state index contributed by atoms with van der Waals surface area (Å²) in [6.45, 7) is 0.598. The normalized spacial score (nSPS) is 10.4. The van der Waals surface area contributed by atoms with E-state index < -0.39 is 0 Å². The van der Waals surface area contributed by atoms with E-state index in [1.165, 1.54) is 0 Å². The van der Waals surface area contributed by atoms with E-state index in [2.05, 4.69) is 16.5 Å². The maximum absolute atomic E-state index is 9.01. The van der Waals surface area contributed by atoms with Gasteiger partial charge in [0.15, 0.2) is 5.82 Å². The second-order valence-corrected chi connectivity index (χ2v) is 4.92. The maximum atomic E-state index is 9.01. The third-order valence-corrected chi connectivity index (χ3v) is 3.58. The molecule has 0 atom stereocenters. The van der Waals surface area contributed by atoms with E-state index in [9.17, 15) is 0 Å². The van der Waals surface area contributed by atoms with Crippen LogP contribution in [0.4, 0.5) is 5.82 Å². The molecule has 0 aliphatic carbocycles. The van der Waals surface area contributed by atoms with Gasteiger partial charge in [0.1, 0.15) is 5.75 Å². The van der Waals surface area contributed by atoms with E-state index in [1.807, 2.05) is 48.1 Å². The van der Waals surface area contributed by atoms with E-state index in [0.717, 1.165) is 28.0 Å². The van der Waals surface area contributed by atoms with Crippen LogP contribution in [0, 0.1) is 11.3 Å². The van der Waals surface area contributed by atoms with E-state index in [0.29, 0.717) is 12.1 Å². The summed E-state index contributed by atoms with van der Waals surface area (Å²) in [6, 6.07) is 15.6. The standard InChI is InChI=1S/C17H16N4O/c1-19-17-16-14(7-4-8-15(16)22-2)21(20-17)11-13-6-3-5-12(9-13)10-18/h3-9H,11H2,1-2H3,(H,19,20). The molecule has 3 aromatic rings. The van der Waals surface area contributed by atoms with Gasteiger partial charge in [-0.1, -0.05) is 18.2 Å². The van der Waals surface area contributed by atoms with Crippen LogP contribution in [0.3, 0.4) is 0 Å². The average molecular weight is 292 g/mol. The smallest absolute Gasteiger partial charge is 0.159 e. The van der Waals surface area contributed by atoms with Crippen molar-refractivity contribution in [3.05, 3.63) is 53.6 Å². The molecule has 110 valence electrons. The zero-order valence-corrected chi connectivity index (χ0v) is 12.5. The van der Waals surface area contributed by atoms with Crippen LogP contribution in [0.25, 0.3) is 10.9 Å². The predicted octanol–water partition coefficient (Wildman–Crippen LogP) is 3.01. The Morgan fingerprint density at radius 2 is 2.09 bits per heavy atom. The van der Waals surface area contributed by atoms with Crippen molar-refractivity contribution in [1.82, 2.24) is 9.78 Å². The van der Waals surface area contributed by atoms with Gasteiger partial charge >= 0.3 is 0 Å². The fraction of sp³-hybridized carbons (Fsp3) is 0.176. The molecule has 22 heavy (non-hydrogen) atoms. The first kappa shape index (κ1) is 14.0. The summed E-state index contributed by atoms with van der Waals surface area (Å²) in [5.41, 5.74) is 2.68. The minimum absolute atomic E-state index is 0.598. The van der Waals surface area contributed by atoms with Gasteiger partial charge < -0.3 is 10.1 Å². The second kappa shape index (κ2) is 5.78. The second-order valence-electron chi connectivity index (χ2n) is 4.92. The minimum Gasteiger partial charge on any atom is -0.496 e. The number of nitrogens with zero attached hydrogens (tertiary/aromatic N) is 3. The lowest BCUT2D eigenvalue weighted by Crippen LogP contribution is -2.02. The van der Waals surface area contributed by atoms with Crippen molar-refractivity contribution in [1.29, 1.82) is 5.26 Å². The van der Waals surface area contributed by atoms with Crippen LogP contribution in [-0.4, -0.2) is 23.9 Å². The molecular formula is C17H16N4O. The van der Waals surface area contributed by atoms with Gasteiger partial charge in [-0.15, -0.1) is 0 Å². The number of anilines is 1. The number of nitrogens with one attached hydrogen (secondary N) is 1. The molecule has 1 heterocycles. The van der Waals surface area contributed by atoms with Crippen LogP contribution in [0.1, 0.15) is 11.1 Å². The molecule has 0 bridgehead atoms. The van der Waals surface area contributed by atoms with Gasteiger partial charge in [-0.05, 0) is 29.8 Å². The molecule has 1 aromatic heterocycles. The van der Waals surface area contributed by atoms with Crippen LogP contribution < -0.4 is 10.1 Å². The molecule has 5 nitrogen and oxygen atoms in total. The zero-order valence-electron chi connectivity index (χ0n) is 12.5. The Hall–Kier alpha value is -3.00. The van der Waals surface area contributed by atoms with Crippen LogP contribution in [0.5, 0.6) is 5.75 Å². The highest BCUT2D eigenvalue weighted by Gasteiger charge is 2.14. The van der Waals surface area contributed by atoms with Gasteiger partial charge in [-0.3, -0.25) is 4.68 Å². The highest BCUT2D eigenvalue weighted by atomic mass is 16.5. The number of hydrogen-bond donors (Lipinski definition) is 1. The van der Waals surface area contributed by atoms with Crippen molar-refractivity contribution >= 4 is 16.7 Å². The Morgan fingerprint density at radius 1 is 1.27 bits per heavy atom. The summed E-state index contributed by atoms with van der Waals surface area (Å²) in [5, 5.41) is 17.7. The topological polar surface area (TPSA) is 62.9 Å². The quantitative estimate of drug-likeness (QED) is 0.803. The van der Waals surface area contributed by atoms with Gasteiger partial charge in [0.2, 0.25) is 0 Å². The Kier molecular flexibility index (Phi) is 3.67. The van der Waals surface area contributed by atoms with Gasteiger partial charge in [-0.25, -0.2) is 0 Å². The summed E-state index contributed by atoms with van der Waals surface area (Å²) in [4.78, 5) is 0. The molecule has 5 heteroatoms. The molecule has 1 N–H and O–H groups in total. The number of ether oxygens (including phenoxy) is 1. The monoisotopic (exact) mass is 292 g/mol. The van der Waals surface area contributed by atoms with Crippen LogP contribution in [0.2, 0.25) is 0 Å². The molecule has 0 aliphatic rings. The number of benzene rings is 2. The first-order valence-electron chi connectivity index (χ1n) is 6.97. The lowest BCUT2D eigenvalue weighted by molar-refractivity contribution is 0.420. The van der Waals surface area contributed by atoms with Crippen LogP contribution in [0.15, 0.2) is 42.5 Å². The average Bonchev–Trinajstić information content (AvgIpc) is 2.93. The predicted molar refractivity (Wildman–Crippen MR) is 86.1 cm³/mol. The summed E-state index contributed by atoms with van der Waals surface area (Å²) >= 11 is 0. The van der Waals surface area contributed by atoms with Gasteiger partial charge in [0.25, 0.3) is 0 Å². The van der Waals surface area contributed by atoms with Gasteiger partial charge in [0, 0.05) is 7.05 Å². The van der Waals surface area contributed by atoms with E-state index in [1.54, 1.807) is 13.2 Å². The highest BCUT2D eigenvalue weighted by Crippen LogP contribution is 2.32. The Balaban J connectivity index is 2.09. The van der Waals surface area contributed by atoms with Gasteiger partial charge in [0.05, 0.1) is 36.2 Å². The summed E-state index contributed by atoms with van der Waals surface area (Å²) in [7, 11) is 3.50. The summed E-state index contributed by atoms with van der Waals surface area (Å²) < 4.78 is 7.35. The Labute approximate surface area is 128 Å². The molecule has 0 unspecified atom stereocenters. The van der Waals surface area contributed by atoms with E-state index in [4.69, 9.17) is 10.00 Å². The Bertz CT molecular complexity index is 861. The maximum Gasteiger partial charge on any atom is 0.159 e. The van der Waals surface area contributed by atoms with Crippen molar-refractivity contribution in [2.24, 2.45) is 0 Å². The fourth-order valence-electron chi connectivity index (χ4n) is 2.58. The zero-order chi connectivity index (χ0) is 15.5. The third-order valence-electron chi connectivity index (χ3n) is 3.58. The first-order valence-corrected chi connectivity index (χ1v) is 6.97. The fourth-order valence-corrected chi connectivity index (χ4v) is 2.58. The summed E-state index contributed by atoms with van der Waals surface area (Å²) in [5.74, 6) is 1.57. The number of aromatic nitrogens is 2. The molecule has 0 aliphatic heterocycles. The first-order chi connectivity index (χ1) is 10.8. The number of fused-ring (bicyclic) bond motifs is 1. The third kappa shape index (κ3) is 2.35. The molecule has 0 radical (unpaired) electrons. The lowest BCUT2D eigenvalue weighted by Gasteiger charge is -2.05. The largest absolute Gasteiger partial charge is 0.496 e. The molecule has 0 saturated heterocycles. The highest BCUT2D eigenvalue weighted by molar-refractivity contribution is 5.95. The number of nitriles is 1. The van der Waals surface area contributed by atoms with Crippen molar-refractivity contribution in [2.75, 3.05) is 19.5 Å².